The molecule has 1 rings (SSSR count). The number of nitro benzene ring substituents is 1. The number of carboxylic acid groups (broad SMARTS) is 1. The van der Waals surface area contributed by atoms with Crippen molar-refractivity contribution in [3.63, 3.8) is 0 Å². The number of urea groups is 1. The van der Waals surface area contributed by atoms with Crippen molar-refractivity contribution in [2.24, 2.45) is 0 Å². The topological polar surface area (TPSA) is 142 Å². The van der Waals surface area contributed by atoms with Gasteiger partial charge in [-0.3, -0.25) is 10.1 Å². The molecule has 0 saturated heterocycles. The molecule has 1 aromatic carbocycles. The second kappa shape index (κ2) is 7.55. The summed E-state index contributed by atoms with van der Waals surface area (Å²) < 4.78 is 0.453. The van der Waals surface area contributed by atoms with Gasteiger partial charge in [0.15, 0.2) is 6.10 Å². The maximum absolute atomic E-state index is 11.6. The molecule has 114 valence electrons. The molecular weight excluding hydrogens is 350 g/mol. The number of nitro groups is 1. The van der Waals surface area contributed by atoms with Crippen LogP contribution in [0.15, 0.2) is 22.7 Å². The predicted molar refractivity (Wildman–Crippen MR) is 76.1 cm³/mol. The highest BCUT2D eigenvalue weighted by atomic mass is 79.9. The Morgan fingerprint density at radius 1 is 1.43 bits per heavy atom. The minimum atomic E-state index is -1.56. The van der Waals surface area contributed by atoms with Crippen molar-refractivity contribution in [1.29, 1.82) is 0 Å². The van der Waals surface area contributed by atoms with Gasteiger partial charge in [-0.05, 0) is 22.0 Å². The lowest BCUT2D eigenvalue weighted by Crippen LogP contribution is -2.33. The van der Waals surface area contributed by atoms with Crippen LogP contribution >= 0.6 is 15.9 Å². The van der Waals surface area contributed by atoms with Gasteiger partial charge in [-0.2, -0.15) is 0 Å². The molecule has 0 saturated carbocycles. The smallest absolute Gasteiger partial charge is 0.332 e. The minimum Gasteiger partial charge on any atom is -0.479 e. The van der Waals surface area contributed by atoms with Crippen LogP contribution in [0.1, 0.15) is 6.42 Å². The lowest BCUT2D eigenvalue weighted by atomic mass is 10.2. The van der Waals surface area contributed by atoms with E-state index in [0.29, 0.717) is 4.47 Å². The van der Waals surface area contributed by atoms with Crippen molar-refractivity contribution in [1.82, 2.24) is 5.32 Å². The molecular formula is C11H12BrN3O6. The van der Waals surface area contributed by atoms with Gasteiger partial charge in [0.05, 0.1) is 10.6 Å². The van der Waals surface area contributed by atoms with E-state index in [9.17, 15) is 19.7 Å². The van der Waals surface area contributed by atoms with Crippen LogP contribution in [-0.4, -0.2) is 39.8 Å². The molecule has 0 heterocycles. The van der Waals surface area contributed by atoms with Crippen LogP contribution in [0.25, 0.3) is 0 Å². The number of aliphatic hydroxyl groups excluding tert-OH is 1. The molecule has 0 fully saturated rings. The highest BCUT2D eigenvalue weighted by Crippen LogP contribution is 2.26. The fourth-order valence-electron chi connectivity index (χ4n) is 1.34. The van der Waals surface area contributed by atoms with E-state index in [-0.39, 0.29) is 24.3 Å². The molecule has 0 bridgehead atoms. The Kier molecular flexibility index (Phi) is 6.06. The molecule has 9 nitrogen and oxygen atoms in total. The monoisotopic (exact) mass is 361 g/mol. The highest BCUT2D eigenvalue weighted by molar-refractivity contribution is 9.10. The van der Waals surface area contributed by atoms with E-state index >= 15 is 0 Å². The Hall–Kier alpha value is -2.20. The summed E-state index contributed by atoms with van der Waals surface area (Å²) in [7, 11) is 0. The fourth-order valence-corrected chi connectivity index (χ4v) is 1.68. The second-order valence-electron chi connectivity index (χ2n) is 3.94. The van der Waals surface area contributed by atoms with Crippen LogP contribution < -0.4 is 10.6 Å². The van der Waals surface area contributed by atoms with Crippen LogP contribution in [0, 0.1) is 10.1 Å². The van der Waals surface area contributed by atoms with Gasteiger partial charge in [-0.25, -0.2) is 9.59 Å². The van der Waals surface area contributed by atoms with E-state index in [1.807, 2.05) is 0 Å². The first-order valence-electron chi connectivity index (χ1n) is 5.71. The van der Waals surface area contributed by atoms with Gasteiger partial charge in [-0.1, -0.05) is 0 Å². The highest BCUT2D eigenvalue weighted by Gasteiger charge is 2.14. The van der Waals surface area contributed by atoms with Crippen molar-refractivity contribution in [3.05, 3.63) is 32.8 Å². The molecule has 0 aliphatic rings. The largest absolute Gasteiger partial charge is 0.479 e. The maximum atomic E-state index is 11.6. The zero-order chi connectivity index (χ0) is 16.0. The predicted octanol–water partition coefficient (Wildman–Crippen LogP) is 1.31. The van der Waals surface area contributed by atoms with Gasteiger partial charge >= 0.3 is 12.0 Å². The van der Waals surface area contributed by atoms with Gasteiger partial charge in [0.1, 0.15) is 0 Å². The number of amides is 2. The number of nitrogens with zero attached hydrogens (tertiary/aromatic N) is 1. The molecule has 10 heteroatoms. The van der Waals surface area contributed by atoms with Crippen molar-refractivity contribution >= 4 is 39.3 Å². The Bertz CT molecular complexity index is 565. The Balaban J connectivity index is 2.57. The number of halogens is 1. The summed E-state index contributed by atoms with van der Waals surface area (Å²) in [6.45, 7) is -0.0636. The number of aliphatic hydroxyl groups is 1. The molecule has 2 amide bonds. The maximum Gasteiger partial charge on any atom is 0.332 e. The molecule has 1 unspecified atom stereocenters. The summed E-state index contributed by atoms with van der Waals surface area (Å²) in [5, 5.41) is 32.8. The number of aliphatic carboxylic acids is 1. The lowest BCUT2D eigenvalue weighted by molar-refractivity contribution is -0.384. The van der Waals surface area contributed by atoms with E-state index in [1.165, 1.54) is 18.2 Å². The van der Waals surface area contributed by atoms with Gasteiger partial charge < -0.3 is 20.8 Å². The van der Waals surface area contributed by atoms with Crippen LogP contribution in [0.2, 0.25) is 0 Å². The van der Waals surface area contributed by atoms with Gasteiger partial charge in [0.25, 0.3) is 5.69 Å². The zero-order valence-corrected chi connectivity index (χ0v) is 12.2. The Morgan fingerprint density at radius 3 is 2.67 bits per heavy atom. The summed E-state index contributed by atoms with van der Waals surface area (Å²) in [6.07, 6.45) is -1.71. The average Bonchev–Trinajstić information content (AvgIpc) is 2.40. The molecule has 1 aromatic rings. The van der Waals surface area contributed by atoms with E-state index < -0.39 is 23.0 Å². The van der Waals surface area contributed by atoms with E-state index in [0.717, 1.165) is 0 Å². The third kappa shape index (κ3) is 5.36. The third-order valence-corrected chi connectivity index (χ3v) is 3.09. The van der Waals surface area contributed by atoms with Crippen molar-refractivity contribution in [2.75, 3.05) is 11.9 Å². The molecule has 0 radical (unpaired) electrons. The average molecular weight is 362 g/mol. The summed E-state index contributed by atoms with van der Waals surface area (Å²) in [5.74, 6) is -1.38. The van der Waals surface area contributed by atoms with Crippen LogP contribution in [0.3, 0.4) is 0 Å². The minimum absolute atomic E-state index is 0.0636. The normalized spacial score (nSPS) is 11.5. The lowest BCUT2D eigenvalue weighted by Gasteiger charge is -2.10. The Morgan fingerprint density at radius 2 is 2.10 bits per heavy atom. The SMILES string of the molecule is O=C(NCCC(O)C(=O)O)Nc1cc([N+](=O)[O-])ccc1Br. The van der Waals surface area contributed by atoms with Crippen molar-refractivity contribution < 1.29 is 24.7 Å². The third-order valence-electron chi connectivity index (χ3n) is 2.40. The number of hydrogen-bond donors (Lipinski definition) is 4. The molecule has 0 aromatic heterocycles. The first-order chi connectivity index (χ1) is 9.81. The number of carbonyl (C=O) groups is 2. The summed E-state index contributed by atoms with van der Waals surface area (Å²) in [4.78, 5) is 32.0. The molecule has 0 aliphatic carbocycles. The number of carbonyl (C=O) groups excluding carboxylic acids is 1. The molecule has 21 heavy (non-hydrogen) atoms. The summed E-state index contributed by atoms with van der Waals surface area (Å²) in [6, 6.07) is 3.20. The number of nitrogens with one attached hydrogen (secondary N) is 2. The van der Waals surface area contributed by atoms with Crippen molar-refractivity contribution in [3.8, 4) is 0 Å². The van der Waals surface area contributed by atoms with Crippen molar-refractivity contribution in [2.45, 2.75) is 12.5 Å². The standard InChI is InChI=1S/C11H12BrN3O6/c12-7-2-1-6(15(20)21)5-8(7)14-11(19)13-4-3-9(16)10(17)18/h1-2,5,9,16H,3-4H2,(H,17,18)(H2,13,14,19). The second-order valence-corrected chi connectivity index (χ2v) is 4.80. The van der Waals surface area contributed by atoms with E-state index in [4.69, 9.17) is 10.2 Å². The number of hydrogen-bond acceptors (Lipinski definition) is 5. The van der Waals surface area contributed by atoms with Crippen LogP contribution in [0.4, 0.5) is 16.2 Å². The van der Waals surface area contributed by atoms with E-state index in [2.05, 4.69) is 26.6 Å². The number of non-ortho nitro benzene ring substituents is 1. The van der Waals surface area contributed by atoms with Gasteiger partial charge in [0, 0.05) is 29.6 Å². The molecule has 1 atom stereocenters. The quantitative estimate of drug-likeness (QED) is 0.444. The summed E-state index contributed by atoms with van der Waals surface area (Å²) in [5.41, 5.74) is 0.00952. The molecule has 0 spiro atoms. The Labute approximate surface area is 127 Å². The van der Waals surface area contributed by atoms with Crippen LogP contribution in [0.5, 0.6) is 0 Å². The number of carboxylic acids is 1. The number of rotatable bonds is 6. The zero-order valence-electron chi connectivity index (χ0n) is 10.6. The van der Waals surface area contributed by atoms with E-state index in [1.54, 1.807) is 0 Å². The first kappa shape index (κ1) is 16.9. The summed E-state index contributed by atoms with van der Waals surface area (Å²) >= 11 is 3.14. The van der Waals surface area contributed by atoms with Crippen LogP contribution in [-0.2, 0) is 4.79 Å². The fraction of sp³-hybridized carbons (Fsp3) is 0.273. The molecule has 4 N–H and O–H groups in total. The van der Waals surface area contributed by atoms with Gasteiger partial charge in [0.2, 0.25) is 0 Å². The molecule has 0 aliphatic heterocycles. The van der Waals surface area contributed by atoms with Gasteiger partial charge in [-0.15, -0.1) is 0 Å². The number of benzene rings is 1. The number of anilines is 1. The first-order valence-corrected chi connectivity index (χ1v) is 6.50.